The van der Waals surface area contributed by atoms with Crippen LogP contribution in [0.15, 0.2) is 23.5 Å². The van der Waals surface area contributed by atoms with E-state index in [4.69, 9.17) is 5.73 Å². The second-order valence-corrected chi connectivity index (χ2v) is 3.57. The molecule has 3 nitrogen and oxygen atoms in total. The first kappa shape index (κ1) is 8.35. The van der Waals surface area contributed by atoms with Crippen molar-refractivity contribution in [3.05, 3.63) is 23.5 Å². The maximum Gasteiger partial charge on any atom is 0.246 e. The Morgan fingerprint density at radius 3 is 3.08 bits per heavy atom. The summed E-state index contributed by atoms with van der Waals surface area (Å²) in [6.45, 7) is 1.03. The van der Waals surface area contributed by atoms with Gasteiger partial charge in [0.05, 0.1) is 0 Å². The van der Waals surface area contributed by atoms with Crippen LogP contribution in [-0.2, 0) is 4.79 Å². The Hall–Kier alpha value is -1.25. The van der Waals surface area contributed by atoms with E-state index < -0.39 is 0 Å². The van der Waals surface area contributed by atoms with Crippen LogP contribution in [0, 0.1) is 0 Å². The van der Waals surface area contributed by atoms with E-state index in [0.29, 0.717) is 6.42 Å². The first-order valence-corrected chi connectivity index (χ1v) is 4.73. The Kier molecular flexibility index (Phi) is 2.08. The first-order valence-electron chi connectivity index (χ1n) is 4.73. The van der Waals surface area contributed by atoms with Crippen molar-refractivity contribution in [3.63, 3.8) is 0 Å². The average molecular weight is 178 g/mol. The van der Waals surface area contributed by atoms with Gasteiger partial charge in [0.15, 0.2) is 0 Å². The van der Waals surface area contributed by atoms with Gasteiger partial charge in [-0.15, -0.1) is 0 Å². The lowest BCUT2D eigenvalue weighted by atomic mass is 10.0. The van der Waals surface area contributed by atoms with Crippen LogP contribution in [0.4, 0.5) is 0 Å². The molecule has 0 aromatic rings. The molecule has 0 unspecified atom stereocenters. The molecule has 2 aliphatic rings. The van der Waals surface area contributed by atoms with E-state index in [9.17, 15) is 4.79 Å². The molecule has 1 fully saturated rings. The molecule has 3 heteroatoms. The quantitative estimate of drug-likeness (QED) is 0.654. The van der Waals surface area contributed by atoms with Crippen LogP contribution in [0.25, 0.3) is 0 Å². The number of allylic oxidation sites excluding steroid dienone is 2. The molecule has 0 atom stereocenters. The molecule has 2 rings (SSSR count). The van der Waals surface area contributed by atoms with Gasteiger partial charge in [-0.2, -0.15) is 0 Å². The lowest BCUT2D eigenvalue weighted by Gasteiger charge is -2.31. The third-order valence-electron chi connectivity index (χ3n) is 2.64. The second kappa shape index (κ2) is 3.24. The number of rotatable bonds is 1. The van der Waals surface area contributed by atoms with Crippen molar-refractivity contribution < 1.29 is 4.79 Å². The van der Waals surface area contributed by atoms with Gasteiger partial charge in [-0.05, 0) is 25.7 Å². The summed E-state index contributed by atoms with van der Waals surface area (Å²) in [5, 5.41) is 0. The molecular weight excluding hydrogens is 164 g/mol. The lowest BCUT2D eigenvalue weighted by Crippen LogP contribution is -2.28. The lowest BCUT2D eigenvalue weighted by molar-refractivity contribution is -0.114. The molecule has 13 heavy (non-hydrogen) atoms. The zero-order valence-corrected chi connectivity index (χ0v) is 7.62. The second-order valence-electron chi connectivity index (χ2n) is 3.57. The number of nitrogens with zero attached hydrogens (tertiary/aromatic N) is 1. The van der Waals surface area contributed by atoms with Crippen molar-refractivity contribution >= 4 is 5.91 Å². The zero-order chi connectivity index (χ0) is 9.26. The minimum absolute atomic E-state index is 0.291. The van der Waals surface area contributed by atoms with Crippen molar-refractivity contribution in [2.75, 3.05) is 6.54 Å². The third kappa shape index (κ3) is 1.59. The molecule has 0 aliphatic carbocycles. The molecule has 0 spiro atoms. The summed E-state index contributed by atoms with van der Waals surface area (Å²) in [6.07, 6.45) is 8.36. The molecular formula is C10H14N2O. The van der Waals surface area contributed by atoms with Gasteiger partial charge in [0.1, 0.15) is 0 Å². The Bertz CT molecular complexity index is 291. The number of amides is 1. The molecule has 0 saturated carbocycles. The normalized spacial score (nSPS) is 21.7. The van der Waals surface area contributed by atoms with Gasteiger partial charge in [-0.1, -0.05) is 6.08 Å². The van der Waals surface area contributed by atoms with Crippen molar-refractivity contribution in [1.82, 2.24) is 4.90 Å². The molecule has 2 heterocycles. The predicted molar refractivity (Wildman–Crippen MR) is 50.5 cm³/mol. The van der Waals surface area contributed by atoms with Gasteiger partial charge in [0, 0.05) is 24.0 Å². The number of hydrogen-bond acceptors (Lipinski definition) is 2. The average Bonchev–Trinajstić information content (AvgIpc) is 2.17. The van der Waals surface area contributed by atoms with Crippen LogP contribution >= 0.6 is 0 Å². The van der Waals surface area contributed by atoms with Crippen LogP contribution in [0.1, 0.15) is 25.7 Å². The van der Waals surface area contributed by atoms with E-state index in [1.165, 1.54) is 18.5 Å². The van der Waals surface area contributed by atoms with Gasteiger partial charge in [0.25, 0.3) is 0 Å². The molecule has 1 amide bonds. The summed E-state index contributed by atoms with van der Waals surface area (Å²) < 4.78 is 0. The van der Waals surface area contributed by atoms with Gasteiger partial charge in [-0.25, -0.2) is 0 Å². The first-order chi connectivity index (χ1) is 6.27. The smallest absolute Gasteiger partial charge is 0.246 e. The van der Waals surface area contributed by atoms with Crippen molar-refractivity contribution in [1.29, 1.82) is 0 Å². The molecule has 0 aromatic carbocycles. The predicted octanol–water partition coefficient (Wildman–Crippen LogP) is 1.13. The van der Waals surface area contributed by atoms with E-state index in [2.05, 4.69) is 11.0 Å². The minimum Gasteiger partial charge on any atom is -0.366 e. The zero-order valence-electron chi connectivity index (χ0n) is 7.62. The standard InChI is InChI=1S/C10H14N2O/c11-10(13)8-4-5-9-3-1-2-6-12(9)7-8/h5,7H,1-4,6H2,(H2,11,13). The number of hydrogen-bond donors (Lipinski definition) is 1. The summed E-state index contributed by atoms with van der Waals surface area (Å²) in [5.41, 5.74) is 7.31. The SMILES string of the molecule is NC(=O)C1=CN2CCCCC2=CC1. The number of carbonyl (C=O) groups is 1. The highest BCUT2D eigenvalue weighted by atomic mass is 16.1. The number of carbonyl (C=O) groups excluding carboxylic acids is 1. The molecule has 0 aromatic heterocycles. The van der Waals surface area contributed by atoms with Crippen molar-refractivity contribution in [2.24, 2.45) is 5.73 Å². The third-order valence-corrected chi connectivity index (χ3v) is 2.64. The maximum atomic E-state index is 10.9. The fraction of sp³-hybridized carbons (Fsp3) is 0.500. The maximum absolute atomic E-state index is 10.9. The Morgan fingerprint density at radius 1 is 1.46 bits per heavy atom. The van der Waals surface area contributed by atoms with Crippen LogP contribution in [-0.4, -0.2) is 17.4 Å². The van der Waals surface area contributed by atoms with E-state index in [1.54, 1.807) is 0 Å². The minimum atomic E-state index is -0.291. The fourth-order valence-corrected chi connectivity index (χ4v) is 1.88. The number of nitrogens with two attached hydrogens (primary N) is 1. The van der Waals surface area contributed by atoms with Crippen LogP contribution in [0.3, 0.4) is 0 Å². The molecule has 0 radical (unpaired) electrons. The molecule has 1 saturated heterocycles. The topological polar surface area (TPSA) is 46.3 Å². The summed E-state index contributed by atoms with van der Waals surface area (Å²) in [4.78, 5) is 13.1. The Labute approximate surface area is 77.9 Å². The van der Waals surface area contributed by atoms with E-state index in [1.807, 2.05) is 6.20 Å². The van der Waals surface area contributed by atoms with Crippen molar-refractivity contribution in [2.45, 2.75) is 25.7 Å². The van der Waals surface area contributed by atoms with Gasteiger partial charge >= 0.3 is 0 Å². The molecule has 2 aliphatic heterocycles. The van der Waals surface area contributed by atoms with Gasteiger partial charge in [-0.3, -0.25) is 4.79 Å². The molecule has 70 valence electrons. The highest BCUT2D eigenvalue weighted by Crippen LogP contribution is 2.26. The molecule has 0 bridgehead atoms. The van der Waals surface area contributed by atoms with Gasteiger partial charge < -0.3 is 10.6 Å². The monoisotopic (exact) mass is 178 g/mol. The summed E-state index contributed by atoms with van der Waals surface area (Å²) >= 11 is 0. The Morgan fingerprint density at radius 2 is 2.31 bits per heavy atom. The van der Waals surface area contributed by atoms with Crippen LogP contribution in [0.5, 0.6) is 0 Å². The number of piperidine rings is 1. The summed E-state index contributed by atoms with van der Waals surface area (Å²) in [5.74, 6) is -0.291. The Balaban J connectivity index is 2.16. The van der Waals surface area contributed by atoms with E-state index in [0.717, 1.165) is 18.5 Å². The van der Waals surface area contributed by atoms with Crippen molar-refractivity contribution in [3.8, 4) is 0 Å². The van der Waals surface area contributed by atoms with Gasteiger partial charge in [0.2, 0.25) is 5.91 Å². The highest BCUT2D eigenvalue weighted by Gasteiger charge is 2.18. The largest absolute Gasteiger partial charge is 0.366 e. The summed E-state index contributed by atoms with van der Waals surface area (Å²) in [7, 11) is 0. The summed E-state index contributed by atoms with van der Waals surface area (Å²) in [6, 6.07) is 0. The van der Waals surface area contributed by atoms with Crippen LogP contribution < -0.4 is 5.73 Å². The molecule has 2 N–H and O–H groups in total. The number of fused-ring (bicyclic) bond motifs is 1. The van der Waals surface area contributed by atoms with E-state index in [-0.39, 0.29) is 5.91 Å². The highest BCUT2D eigenvalue weighted by molar-refractivity contribution is 5.92. The van der Waals surface area contributed by atoms with E-state index >= 15 is 0 Å². The number of primary amides is 1. The fourth-order valence-electron chi connectivity index (χ4n) is 1.88. The van der Waals surface area contributed by atoms with Crippen LogP contribution in [0.2, 0.25) is 0 Å².